The van der Waals surface area contributed by atoms with Crippen molar-refractivity contribution in [2.45, 2.75) is 31.0 Å². The zero-order valence-electron chi connectivity index (χ0n) is 17.7. The summed E-state index contributed by atoms with van der Waals surface area (Å²) < 4.78 is 46.8. The summed E-state index contributed by atoms with van der Waals surface area (Å²) in [4.78, 5) is 27.7. The van der Waals surface area contributed by atoms with Crippen LogP contribution in [-0.4, -0.2) is 38.2 Å². The fourth-order valence-corrected chi connectivity index (χ4v) is 4.63. The third-order valence-corrected chi connectivity index (χ3v) is 6.31. The number of fused-ring (bicyclic) bond motifs is 2. The molecule has 33 heavy (non-hydrogen) atoms. The van der Waals surface area contributed by atoms with E-state index in [1.807, 2.05) is 48.5 Å². The maximum atomic E-state index is 13.6. The molecule has 3 aromatic rings. The Morgan fingerprint density at radius 3 is 2.06 bits per heavy atom. The van der Waals surface area contributed by atoms with Crippen LogP contribution in [0.3, 0.4) is 0 Å². The van der Waals surface area contributed by atoms with E-state index in [-0.39, 0.29) is 5.91 Å². The third-order valence-electron chi connectivity index (χ3n) is 6.31. The average Bonchev–Trinajstić information content (AvgIpc) is 3.12. The van der Waals surface area contributed by atoms with Gasteiger partial charge in [-0.3, -0.25) is 9.36 Å². The Hall–Kier alpha value is -3.56. The second-order valence-corrected chi connectivity index (χ2v) is 8.27. The van der Waals surface area contributed by atoms with Crippen molar-refractivity contribution in [2.24, 2.45) is 7.05 Å². The number of rotatable bonds is 2. The molecule has 2 aliphatic rings. The van der Waals surface area contributed by atoms with E-state index in [9.17, 15) is 22.8 Å². The van der Waals surface area contributed by atoms with Gasteiger partial charge in [0.15, 0.2) is 0 Å². The van der Waals surface area contributed by atoms with Crippen LogP contribution < -0.4 is 10.4 Å². The number of carbonyl (C=O) groups excluding carboxylic acids is 1. The number of benzene rings is 2. The number of ether oxygens (including phenoxy) is 1. The number of piperidine rings is 1. The molecule has 0 N–H and O–H groups in total. The fraction of sp³-hybridized carbons (Fsp3) is 0.348. The van der Waals surface area contributed by atoms with Crippen LogP contribution in [0.1, 0.15) is 41.8 Å². The lowest BCUT2D eigenvalue weighted by molar-refractivity contribution is -0.147. The van der Waals surface area contributed by atoms with Gasteiger partial charge in [0.05, 0.1) is 12.0 Å². The lowest BCUT2D eigenvalue weighted by Crippen LogP contribution is -2.43. The maximum Gasteiger partial charge on any atom is 0.451 e. The monoisotopic (exact) mass is 458 g/mol. The second-order valence-electron chi connectivity index (χ2n) is 8.27. The molecule has 1 aromatic heterocycles. The molecule has 0 atom stereocenters. The molecule has 0 spiro atoms. The van der Waals surface area contributed by atoms with Crippen LogP contribution in [0.15, 0.2) is 53.3 Å². The molecule has 1 saturated heterocycles. The number of halogens is 3. The molecule has 1 amide bonds. The van der Waals surface area contributed by atoms with Crippen LogP contribution in [0.2, 0.25) is 0 Å². The maximum absolute atomic E-state index is 13.6. The predicted octanol–water partition coefficient (Wildman–Crippen LogP) is 3.70. The number of amides is 1. The van der Waals surface area contributed by atoms with E-state index in [2.05, 4.69) is 5.10 Å². The lowest BCUT2D eigenvalue weighted by Gasteiger charge is -2.36. The number of carbonyl (C=O) groups is 1. The van der Waals surface area contributed by atoms with Gasteiger partial charge in [-0.15, -0.1) is 5.10 Å². The number of likely N-dealkylation sites (tertiary alicyclic amines) is 1. The molecule has 0 aliphatic carbocycles. The Kier molecular flexibility index (Phi) is 5.02. The Morgan fingerprint density at radius 2 is 1.55 bits per heavy atom. The highest BCUT2D eigenvalue weighted by Gasteiger charge is 2.40. The Labute approximate surface area is 187 Å². The minimum absolute atomic E-state index is 0.0963. The van der Waals surface area contributed by atoms with Crippen molar-refractivity contribution < 1.29 is 22.7 Å². The Balaban J connectivity index is 1.38. The van der Waals surface area contributed by atoms with Crippen molar-refractivity contribution in [2.75, 3.05) is 13.1 Å². The first-order chi connectivity index (χ1) is 15.8. The lowest BCUT2D eigenvalue weighted by atomic mass is 9.86. The smallest absolute Gasteiger partial charge is 0.451 e. The third kappa shape index (κ3) is 3.59. The summed E-state index contributed by atoms with van der Waals surface area (Å²) >= 11 is 0. The van der Waals surface area contributed by atoms with Gasteiger partial charge in [0.25, 0.3) is 0 Å². The predicted molar refractivity (Wildman–Crippen MR) is 112 cm³/mol. The first kappa shape index (κ1) is 21.3. The van der Waals surface area contributed by atoms with Gasteiger partial charge in [-0.25, -0.2) is 9.48 Å². The van der Waals surface area contributed by atoms with E-state index in [1.165, 1.54) is 0 Å². The van der Waals surface area contributed by atoms with Crippen molar-refractivity contribution >= 4 is 5.91 Å². The van der Waals surface area contributed by atoms with E-state index in [4.69, 9.17) is 4.74 Å². The summed E-state index contributed by atoms with van der Waals surface area (Å²) in [6.07, 6.45) is -4.03. The highest BCUT2D eigenvalue weighted by molar-refractivity contribution is 5.89. The SMILES string of the molecule is Cn1c(C(F)(F)F)nn(C2CCN(C(=O)C3c4ccccc4Oc4ccccc43)CC2)c1=O. The normalized spacial score (nSPS) is 16.8. The molecule has 7 nitrogen and oxygen atoms in total. The summed E-state index contributed by atoms with van der Waals surface area (Å²) in [5.74, 6) is -0.590. The number of alkyl halides is 3. The summed E-state index contributed by atoms with van der Waals surface area (Å²) in [5, 5.41) is 3.55. The van der Waals surface area contributed by atoms with Gasteiger partial charge in [0, 0.05) is 31.3 Å². The van der Waals surface area contributed by atoms with Crippen LogP contribution in [0.5, 0.6) is 11.5 Å². The molecule has 3 heterocycles. The molecule has 0 bridgehead atoms. The van der Waals surface area contributed by atoms with Crippen molar-refractivity contribution in [3.63, 3.8) is 0 Å². The second kappa shape index (κ2) is 7.79. The topological polar surface area (TPSA) is 69.4 Å². The molecule has 0 unspecified atom stereocenters. The molecule has 1 fully saturated rings. The standard InChI is InChI=1S/C23H21F3N4O3/c1-28-21(23(24,25)26)27-30(22(28)32)14-10-12-29(13-11-14)20(31)19-15-6-2-4-8-17(15)33-18-9-5-3-7-16(18)19/h2-9,14,19H,10-13H2,1H3. The molecule has 172 valence electrons. The van der Waals surface area contributed by atoms with Gasteiger partial charge in [0.1, 0.15) is 11.5 Å². The minimum Gasteiger partial charge on any atom is -0.457 e. The van der Waals surface area contributed by atoms with Gasteiger partial charge < -0.3 is 9.64 Å². The van der Waals surface area contributed by atoms with Gasteiger partial charge in [-0.05, 0) is 25.0 Å². The molecule has 10 heteroatoms. The summed E-state index contributed by atoms with van der Waals surface area (Å²) in [6, 6.07) is 14.3. The van der Waals surface area contributed by atoms with E-state index in [0.29, 0.717) is 42.0 Å². The van der Waals surface area contributed by atoms with Crippen LogP contribution in [0.25, 0.3) is 0 Å². The van der Waals surface area contributed by atoms with Gasteiger partial charge in [0.2, 0.25) is 11.7 Å². The molecule has 0 radical (unpaired) electrons. The number of hydrogen-bond donors (Lipinski definition) is 0. The zero-order valence-corrected chi connectivity index (χ0v) is 17.7. The van der Waals surface area contributed by atoms with E-state index in [0.717, 1.165) is 22.9 Å². The first-order valence-electron chi connectivity index (χ1n) is 10.6. The molecule has 0 saturated carbocycles. The average molecular weight is 458 g/mol. The highest BCUT2D eigenvalue weighted by atomic mass is 19.4. The number of aromatic nitrogens is 3. The largest absolute Gasteiger partial charge is 0.457 e. The van der Waals surface area contributed by atoms with E-state index >= 15 is 0 Å². The fourth-order valence-electron chi connectivity index (χ4n) is 4.63. The quantitative estimate of drug-likeness (QED) is 0.587. The Morgan fingerprint density at radius 1 is 1.00 bits per heavy atom. The van der Waals surface area contributed by atoms with Crippen LogP contribution in [0, 0.1) is 0 Å². The van der Waals surface area contributed by atoms with Crippen LogP contribution >= 0.6 is 0 Å². The molecule has 5 rings (SSSR count). The molecule has 2 aromatic carbocycles. The Bertz CT molecular complexity index is 1230. The summed E-state index contributed by atoms with van der Waals surface area (Å²) in [7, 11) is 1.06. The van der Waals surface area contributed by atoms with Gasteiger partial charge in [-0.1, -0.05) is 36.4 Å². The van der Waals surface area contributed by atoms with E-state index in [1.54, 1.807) is 4.90 Å². The summed E-state index contributed by atoms with van der Waals surface area (Å²) in [6.45, 7) is 0.630. The van der Waals surface area contributed by atoms with Crippen molar-refractivity contribution in [1.82, 2.24) is 19.2 Å². The molecular weight excluding hydrogens is 437 g/mol. The van der Waals surface area contributed by atoms with Crippen molar-refractivity contribution in [3.8, 4) is 11.5 Å². The van der Waals surface area contributed by atoms with Crippen molar-refractivity contribution in [3.05, 3.63) is 76.0 Å². The molecule has 2 aliphatic heterocycles. The van der Waals surface area contributed by atoms with Crippen LogP contribution in [0.4, 0.5) is 13.2 Å². The number of nitrogens with zero attached hydrogens (tertiary/aromatic N) is 4. The first-order valence-corrected chi connectivity index (χ1v) is 10.6. The number of para-hydroxylation sites is 2. The minimum atomic E-state index is -4.71. The van der Waals surface area contributed by atoms with Gasteiger partial charge in [-0.2, -0.15) is 13.2 Å². The van der Waals surface area contributed by atoms with Crippen molar-refractivity contribution in [1.29, 1.82) is 0 Å². The number of hydrogen-bond acceptors (Lipinski definition) is 4. The summed E-state index contributed by atoms with van der Waals surface area (Å²) in [5.41, 5.74) is 0.748. The van der Waals surface area contributed by atoms with E-state index < -0.39 is 29.7 Å². The van der Waals surface area contributed by atoms with Gasteiger partial charge >= 0.3 is 11.9 Å². The highest BCUT2D eigenvalue weighted by Crippen LogP contribution is 2.45. The zero-order chi connectivity index (χ0) is 23.3. The molecular formula is C23H21F3N4O3. The van der Waals surface area contributed by atoms with Crippen LogP contribution in [-0.2, 0) is 18.0 Å².